The van der Waals surface area contributed by atoms with Gasteiger partial charge in [0.05, 0.1) is 11.7 Å². The summed E-state index contributed by atoms with van der Waals surface area (Å²) in [6.07, 6.45) is 1.50. The molecule has 0 spiro atoms. The molecule has 2 aromatic rings. The van der Waals surface area contributed by atoms with E-state index in [9.17, 15) is 9.59 Å². The molecule has 0 radical (unpaired) electrons. The molecule has 1 aliphatic heterocycles. The number of hydrogen-bond acceptors (Lipinski definition) is 3. The highest BCUT2D eigenvalue weighted by Gasteiger charge is 2.23. The first-order valence-electron chi connectivity index (χ1n) is 9.84. The first-order valence-corrected chi connectivity index (χ1v) is 9.84. The Kier molecular flexibility index (Phi) is 5.72. The van der Waals surface area contributed by atoms with E-state index in [1.165, 1.54) is 0 Å². The van der Waals surface area contributed by atoms with E-state index < -0.39 is 0 Å². The highest BCUT2D eigenvalue weighted by Crippen LogP contribution is 2.27. The summed E-state index contributed by atoms with van der Waals surface area (Å²) in [6, 6.07) is 5.22. The van der Waals surface area contributed by atoms with E-state index in [1.54, 1.807) is 0 Å². The van der Waals surface area contributed by atoms with Crippen molar-refractivity contribution in [3.05, 3.63) is 40.7 Å². The first-order chi connectivity index (χ1) is 13.3. The molecular formula is C21H29N5O2. The summed E-state index contributed by atoms with van der Waals surface area (Å²) in [4.78, 5) is 26.3. The van der Waals surface area contributed by atoms with E-state index in [1.807, 2.05) is 55.5 Å². The number of benzene rings is 1. The zero-order valence-corrected chi connectivity index (χ0v) is 17.3. The summed E-state index contributed by atoms with van der Waals surface area (Å²) in [5, 5.41) is 10.4. The number of carbonyl (C=O) groups excluding carboxylic acids is 2. The second-order valence-electron chi connectivity index (χ2n) is 7.37. The van der Waals surface area contributed by atoms with Crippen molar-refractivity contribution in [3.8, 4) is 0 Å². The quantitative estimate of drug-likeness (QED) is 0.823. The molecule has 2 N–H and O–H groups in total. The number of nitrogens with zero attached hydrogens (tertiary/aromatic N) is 3. The number of aromatic nitrogens is 2. The minimum Gasteiger partial charge on any atom is -0.331 e. The number of carbonyl (C=O) groups is 2. The smallest absolute Gasteiger partial charge is 0.319 e. The average Bonchev–Trinajstić information content (AvgIpc) is 3.17. The summed E-state index contributed by atoms with van der Waals surface area (Å²) in [5.41, 5.74) is 5.65. The number of hydrogen-bond donors (Lipinski definition) is 2. The average molecular weight is 383 g/mol. The van der Waals surface area contributed by atoms with Crippen LogP contribution in [0.1, 0.15) is 55.2 Å². The van der Waals surface area contributed by atoms with Crippen molar-refractivity contribution in [1.82, 2.24) is 15.1 Å². The van der Waals surface area contributed by atoms with Crippen LogP contribution in [0, 0.1) is 20.8 Å². The largest absolute Gasteiger partial charge is 0.331 e. The van der Waals surface area contributed by atoms with Crippen molar-refractivity contribution in [2.24, 2.45) is 0 Å². The molecule has 7 heteroatoms. The fourth-order valence-electron chi connectivity index (χ4n) is 4.02. The maximum Gasteiger partial charge on any atom is 0.319 e. The Morgan fingerprint density at radius 3 is 2.61 bits per heavy atom. The second-order valence-corrected chi connectivity index (χ2v) is 7.37. The van der Waals surface area contributed by atoms with Crippen molar-refractivity contribution in [2.45, 2.75) is 60.0 Å². The predicted octanol–water partition coefficient (Wildman–Crippen LogP) is 3.84. The molecule has 3 rings (SSSR count). The third-order valence-corrected chi connectivity index (χ3v) is 5.34. The molecule has 150 valence electrons. The van der Waals surface area contributed by atoms with Crippen LogP contribution in [0.15, 0.2) is 18.2 Å². The predicted molar refractivity (Wildman–Crippen MR) is 111 cm³/mol. The van der Waals surface area contributed by atoms with Crippen molar-refractivity contribution in [3.63, 3.8) is 0 Å². The van der Waals surface area contributed by atoms with Gasteiger partial charge in [0.2, 0.25) is 5.91 Å². The SMILES string of the molecule is CCn1nc(C)c([C@@H](C)NC(=O)Nc2ccc(N3CCCC3=O)c(C)c2)c1C. The summed E-state index contributed by atoms with van der Waals surface area (Å²) in [5.74, 6) is 0.161. The van der Waals surface area contributed by atoms with Crippen LogP contribution in [0.2, 0.25) is 0 Å². The molecule has 0 aliphatic carbocycles. The van der Waals surface area contributed by atoms with Gasteiger partial charge in [-0.25, -0.2) is 4.79 Å². The van der Waals surface area contributed by atoms with Gasteiger partial charge in [-0.2, -0.15) is 5.10 Å². The monoisotopic (exact) mass is 383 g/mol. The van der Waals surface area contributed by atoms with Crippen LogP contribution in [0.5, 0.6) is 0 Å². The van der Waals surface area contributed by atoms with Crippen LogP contribution < -0.4 is 15.5 Å². The van der Waals surface area contributed by atoms with E-state index in [4.69, 9.17) is 0 Å². The van der Waals surface area contributed by atoms with E-state index in [0.29, 0.717) is 12.1 Å². The summed E-state index contributed by atoms with van der Waals surface area (Å²) in [6.45, 7) is 11.5. The van der Waals surface area contributed by atoms with Gasteiger partial charge in [-0.15, -0.1) is 0 Å². The minimum atomic E-state index is -0.264. The van der Waals surface area contributed by atoms with Gasteiger partial charge >= 0.3 is 6.03 Å². The van der Waals surface area contributed by atoms with Crippen molar-refractivity contribution in [1.29, 1.82) is 0 Å². The number of rotatable bonds is 5. The molecule has 2 heterocycles. The van der Waals surface area contributed by atoms with Crippen molar-refractivity contribution >= 4 is 23.3 Å². The Hall–Kier alpha value is -2.83. The van der Waals surface area contributed by atoms with E-state index >= 15 is 0 Å². The lowest BCUT2D eigenvalue weighted by Crippen LogP contribution is -2.31. The van der Waals surface area contributed by atoms with Crippen LogP contribution in [-0.2, 0) is 11.3 Å². The summed E-state index contributed by atoms with van der Waals surface area (Å²) < 4.78 is 1.95. The van der Waals surface area contributed by atoms with E-state index in [2.05, 4.69) is 22.7 Å². The topological polar surface area (TPSA) is 79.3 Å². The number of amides is 3. The fraction of sp³-hybridized carbons (Fsp3) is 0.476. The molecule has 0 saturated carbocycles. The van der Waals surface area contributed by atoms with Gasteiger partial charge in [0, 0.05) is 42.1 Å². The first kappa shape index (κ1) is 19.9. The lowest BCUT2D eigenvalue weighted by atomic mass is 10.1. The molecule has 1 fully saturated rings. The minimum absolute atomic E-state index is 0.150. The van der Waals surface area contributed by atoms with Crippen LogP contribution in [0.25, 0.3) is 0 Å². The Bertz CT molecular complexity index is 902. The maximum absolute atomic E-state index is 12.5. The number of nitrogens with one attached hydrogen (secondary N) is 2. The maximum atomic E-state index is 12.5. The number of anilines is 2. The zero-order chi connectivity index (χ0) is 20.4. The molecule has 1 aromatic carbocycles. The summed E-state index contributed by atoms with van der Waals surface area (Å²) >= 11 is 0. The molecule has 1 aromatic heterocycles. The standard InChI is InChI=1S/C21H29N5O2/c1-6-26-16(5)20(15(4)24-26)14(3)22-21(28)23-17-9-10-18(13(2)12-17)25-11-7-8-19(25)27/h9-10,12,14H,6-8,11H2,1-5H3,(H2,22,23,28)/t14-/m1/s1. The molecule has 1 saturated heterocycles. The fourth-order valence-corrected chi connectivity index (χ4v) is 4.02. The van der Waals surface area contributed by atoms with Gasteiger partial charge < -0.3 is 15.5 Å². The van der Waals surface area contributed by atoms with Gasteiger partial charge in [0.25, 0.3) is 0 Å². The second kappa shape index (κ2) is 8.04. The highest BCUT2D eigenvalue weighted by atomic mass is 16.2. The number of urea groups is 1. The lowest BCUT2D eigenvalue weighted by Gasteiger charge is -2.20. The van der Waals surface area contributed by atoms with Gasteiger partial charge in [-0.05, 0) is 64.8 Å². The van der Waals surface area contributed by atoms with Crippen molar-refractivity contribution in [2.75, 3.05) is 16.8 Å². The normalized spacial score (nSPS) is 15.0. The molecule has 7 nitrogen and oxygen atoms in total. The van der Waals surface area contributed by atoms with Gasteiger partial charge in [-0.3, -0.25) is 9.48 Å². The van der Waals surface area contributed by atoms with Crippen LogP contribution >= 0.6 is 0 Å². The summed E-state index contributed by atoms with van der Waals surface area (Å²) in [7, 11) is 0. The highest BCUT2D eigenvalue weighted by molar-refractivity contribution is 5.97. The number of aryl methyl sites for hydroxylation is 3. The van der Waals surface area contributed by atoms with Gasteiger partial charge in [-0.1, -0.05) is 0 Å². The lowest BCUT2D eigenvalue weighted by molar-refractivity contribution is -0.117. The molecule has 1 aliphatic rings. The van der Waals surface area contributed by atoms with E-state index in [0.717, 1.165) is 47.7 Å². The molecule has 0 bridgehead atoms. The molecular weight excluding hydrogens is 354 g/mol. The van der Waals surface area contributed by atoms with Crippen molar-refractivity contribution < 1.29 is 9.59 Å². The molecule has 1 atom stereocenters. The van der Waals surface area contributed by atoms with Crippen LogP contribution in [-0.4, -0.2) is 28.3 Å². The van der Waals surface area contributed by atoms with E-state index in [-0.39, 0.29) is 18.0 Å². The van der Waals surface area contributed by atoms with Crippen LogP contribution in [0.3, 0.4) is 0 Å². The molecule has 0 unspecified atom stereocenters. The Morgan fingerprint density at radius 2 is 2.04 bits per heavy atom. The molecule has 3 amide bonds. The Labute approximate surface area is 166 Å². The van der Waals surface area contributed by atoms with Crippen LogP contribution in [0.4, 0.5) is 16.2 Å². The third kappa shape index (κ3) is 3.88. The molecule has 28 heavy (non-hydrogen) atoms. The van der Waals surface area contributed by atoms with Gasteiger partial charge in [0.15, 0.2) is 0 Å². The third-order valence-electron chi connectivity index (χ3n) is 5.34. The van der Waals surface area contributed by atoms with Gasteiger partial charge in [0.1, 0.15) is 0 Å². The zero-order valence-electron chi connectivity index (χ0n) is 17.3. The Morgan fingerprint density at radius 1 is 1.29 bits per heavy atom. The Balaban J connectivity index is 1.67.